The van der Waals surface area contributed by atoms with E-state index >= 15 is 0 Å². The number of halogens is 1. The number of ether oxygens (including phenoxy) is 1. The molecule has 17 heavy (non-hydrogen) atoms. The number of methoxy groups -OCH3 is 1. The highest BCUT2D eigenvalue weighted by Gasteiger charge is 2.11. The molecular weight excluding hydrogens is 297 g/mol. The minimum absolute atomic E-state index is 0.853. The number of rotatable bonds is 4. The Morgan fingerprint density at radius 2 is 2.29 bits per heavy atom. The van der Waals surface area contributed by atoms with Crippen LogP contribution in [0.4, 0.5) is 0 Å². The third-order valence-corrected chi connectivity index (χ3v) is 4.08. The highest BCUT2D eigenvalue weighted by Crippen LogP contribution is 2.34. The normalized spacial score (nSPS) is 10.3. The van der Waals surface area contributed by atoms with Crippen LogP contribution in [0.5, 0.6) is 5.75 Å². The fraction of sp³-hybridized carbons (Fsp3) is 0.250. The van der Waals surface area contributed by atoms with Gasteiger partial charge in [-0.1, -0.05) is 19.0 Å². The first-order chi connectivity index (χ1) is 8.24. The van der Waals surface area contributed by atoms with Crippen molar-refractivity contribution in [1.82, 2.24) is 4.98 Å². The van der Waals surface area contributed by atoms with Crippen LogP contribution in [0.1, 0.15) is 5.01 Å². The molecule has 1 aromatic carbocycles. The van der Waals surface area contributed by atoms with E-state index in [9.17, 15) is 0 Å². The lowest BCUT2D eigenvalue weighted by atomic mass is 9.79. The van der Waals surface area contributed by atoms with Crippen LogP contribution in [-0.4, -0.2) is 19.4 Å². The van der Waals surface area contributed by atoms with Gasteiger partial charge >= 0.3 is 0 Å². The van der Waals surface area contributed by atoms with Crippen molar-refractivity contribution < 1.29 is 4.74 Å². The molecule has 0 amide bonds. The van der Waals surface area contributed by atoms with E-state index in [1.807, 2.05) is 31.1 Å². The van der Waals surface area contributed by atoms with Gasteiger partial charge in [0.2, 0.25) is 0 Å². The van der Waals surface area contributed by atoms with Crippen molar-refractivity contribution in [1.29, 1.82) is 0 Å². The zero-order valence-corrected chi connectivity index (χ0v) is 12.1. The molecular formula is C12H12BBrNOS. The maximum atomic E-state index is 5.22. The first-order valence-electron chi connectivity index (χ1n) is 5.32. The summed E-state index contributed by atoms with van der Waals surface area (Å²) in [6.07, 6.45) is 0.910. The van der Waals surface area contributed by atoms with E-state index in [1.54, 1.807) is 18.4 Å². The molecule has 1 radical (unpaired) electrons. The van der Waals surface area contributed by atoms with Crippen molar-refractivity contribution in [2.45, 2.75) is 13.1 Å². The van der Waals surface area contributed by atoms with Crippen LogP contribution >= 0.6 is 27.3 Å². The average Bonchev–Trinajstić information content (AvgIpc) is 2.71. The molecule has 0 unspecified atom stereocenters. The minimum atomic E-state index is 0.853. The second-order valence-electron chi connectivity index (χ2n) is 3.57. The van der Waals surface area contributed by atoms with Gasteiger partial charge in [0.15, 0.2) is 0 Å². The Hall–Kier alpha value is -0.805. The zero-order chi connectivity index (χ0) is 12.3. The summed E-state index contributed by atoms with van der Waals surface area (Å²) in [4.78, 5) is 4.63. The lowest BCUT2D eigenvalue weighted by Gasteiger charge is -2.02. The van der Waals surface area contributed by atoms with Gasteiger partial charge in [-0.05, 0) is 34.4 Å². The van der Waals surface area contributed by atoms with Gasteiger partial charge in [0, 0.05) is 5.56 Å². The SMILES string of the molecule is C[B]Cc1nc(-c2cccc(OC)c2)c(Br)s1. The molecule has 0 saturated heterocycles. The van der Waals surface area contributed by atoms with E-state index in [0.29, 0.717) is 0 Å². The molecule has 0 atom stereocenters. The van der Waals surface area contributed by atoms with Crippen LogP contribution in [0.2, 0.25) is 6.82 Å². The number of nitrogens with zero attached hydrogens (tertiary/aromatic N) is 1. The Bertz CT molecular complexity index is 515. The van der Waals surface area contributed by atoms with Crippen LogP contribution in [0.25, 0.3) is 11.3 Å². The number of thiazole rings is 1. The fourth-order valence-corrected chi connectivity index (χ4v) is 3.29. The van der Waals surface area contributed by atoms with Gasteiger partial charge in [-0.2, -0.15) is 0 Å². The second-order valence-corrected chi connectivity index (χ2v) is 5.98. The minimum Gasteiger partial charge on any atom is -0.497 e. The average molecular weight is 309 g/mol. The predicted molar refractivity (Wildman–Crippen MR) is 77.1 cm³/mol. The molecule has 2 aromatic rings. The van der Waals surface area contributed by atoms with E-state index in [2.05, 4.69) is 28.2 Å². The molecule has 0 saturated carbocycles. The summed E-state index contributed by atoms with van der Waals surface area (Å²) in [6, 6.07) is 7.96. The third-order valence-electron chi connectivity index (χ3n) is 2.35. The first-order valence-corrected chi connectivity index (χ1v) is 6.93. The van der Waals surface area contributed by atoms with Crippen molar-refractivity contribution in [2.75, 3.05) is 7.11 Å². The van der Waals surface area contributed by atoms with E-state index in [1.165, 1.54) is 0 Å². The molecule has 0 aliphatic heterocycles. The van der Waals surface area contributed by atoms with Crippen LogP contribution in [0.3, 0.4) is 0 Å². The lowest BCUT2D eigenvalue weighted by molar-refractivity contribution is 0.415. The summed E-state index contributed by atoms with van der Waals surface area (Å²) in [5.74, 6) is 0.853. The Morgan fingerprint density at radius 1 is 1.47 bits per heavy atom. The predicted octanol–water partition coefficient (Wildman–Crippen LogP) is 3.83. The first kappa shape index (κ1) is 12.6. The van der Waals surface area contributed by atoms with E-state index in [0.717, 1.165) is 32.1 Å². The summed E-state index contributed by atoms with van der Waals surface area (Å²) in [6.45, 7) is 2.04. The van der Waals surface area contributed by atoms with Crippen molar-refractivity contribution >= 4 is 34.5 Å². The Kier molecular flexibility index (Phi) is 4.23. The largest absolute Gasteiger partial charge is 0.497 e. The molecule has 87 valence electrons. The summed E-state index contributed by atoms with van der Waals surface area (Å²) in [7, 11) is 3.79. The molecule has 0 spiro atoms. The maximum absolute atomic E-state index is 5.22. The number of hydrogen-bond donors (Lipinski definition) is 0. The Morgan fingerprint density at radius 3 is 3.00 bits per heavy atom. The maximum Gasteiger partial charge on any atom is 0.119 e. The molecule has 2 nitrogen and oxygen atoms in total. The van der Waals surface area contributed by atoms with Crippen LogP contribution < -0.4 is 4.74 Å². The van der Waals surface area contributed by atoms with Crippen molar-refractivity contribution in [2.24, 2.45) is 0 Å². The molecule has 1 aromatic heterocycles. The topological polar surface area (TPSA) is 22.1 Å². The summed E-state index contributed by atoms with van der Waals surface area (Å²) in [5, 5.41) is 1.12. The van der Waals surface area contributed by atoms with Crippen molar-refractivity contribution in [3.05, 3.63) is 33.1 Å². The van der Waals surface area contributed by atoms with Gasteiger partial charge in [0.05, 0.1) is 21.6 Å². The molecule has 0 N–H and O–H groups in total. The van der Waals surface area contributed by atoms with E-state index < -0.39 is 0 Å². The quantitative estimate of drug-likeness (QED) is 0.801. The smallest absolute Gasteiger partial charge is 0.119 e. The zero-order valence-electron chi connectivity index (χ0n) is 9.74. The Balaban J connectivity index is 2.37. The molecule has 1 heterocycles. The number of aromatic nitrogens is 1. The molecule has 5 heteroatoms. The van der Waals surface area contributed by atoms with Gasteiger partial charge in [0.25, 0.3) is 0 Å². The summed E-state index contributed by atoms with van der Waals surface area (Å²) < 4.78 is 6.30. The lowest BCUT2D eigenvalue weighted by Crippen LogP contribution is -1.90. The second kappa shape index (κ2) is 5.69. The summed E-state index contributed by atoms with van der Waals surface area (Å²) in [5.41, 5.74) is 2.07. The monoisotopic (exact) mass is 308 g/mol. The number of benzene rings is 1. The standard InChI is InChI=1S/C12H12BBrNOS/c1-13-7-10-15-11(12(14)17-10)8-4-3-5-9(6-8)16-2/h3-6H,7H2,1-2H3. The molecule has 0 aliphatic rings. The van der Waals surface area contributed by atoms with Gasteiger partial charge < -0.3 is 4.74 Å². The van der Waals surface area contributed by atoms with Crippen LogP contribution in [-0.2, 0) is 6.32 Å². The van der Waals surface area contributed by atoms with Crippen molar-refractivity contribution in [3.63, 3.8) is 0 Å². The van der Waals surface area contributed by atoms with Gasteiger partial charge in [-0.25, -0.2) is 4.98 Å². The summed E-state index contributed by atoms with van der Waals surface area (Å²) >= 11 is 5.25. The highest BCUT2D eigenvalue weighted by atomic mass is 79.9. The molecule has 0 fully saturated rings. The molecule has 2 rings (SSSR count). The third kappa shape index (κ3) is 2.90. The van der Waals surface area contributed by atoms with Crippen molar-refractivity contribution in [3.8, 4) is 17.0 Å². The highest BCUT2D eigenvalue weighted by molar-refractivity contribution is 9.11. The Labute approximate surface area is 114 Å². The van der Waals surface area contributed by atoms with Gasteiger partial charge in [-0.15, -0.1) is 11.3 Å². The van der Waals surface area contributed by atoms with E-state index in [4.69, 9.17) is 4.74 Å². The number of hydrogen-bond acceptors (Lipinski definition) is 3. The van der Waals surface area contributed by atoms with Gasteiger partial charge in [0.1, 0.15) is 13.0 Å². The van der Waals surface area contributed by atoms with Crippen LogP contribution in [0, 0.1) is 0 Å². The molecule has 0 bridgehead atoms. The van der Waals surface area contributed by atoms with E-state index in [-0.39, 0.29) is 0 Å². The van der Waals surface area contributed by atoms with Crippen LogP contribution in [0.15, 0.2) is 28.1 Å². The molecule has 0 aliphatic carbocycles. The fourth-order valence-electron chi connectivity index (χ4n) is 1.55. The van der Waals surface area contributed by atoms with Gasteiger partial charge in [-0.3, -0.25) is 0 Å².